The molecule has 3 fully saturated rings. The van der Waals surface area contributed by atoms with Crippen molar-refractivity contribution in [3.63, 3.8) is 0 Å². The molecule has 156 valence electrons. The topological polar surface area (TPSA) is 63.6 Å². The summed E-state index contributed by atoms with van der Waals surface area (Å²) in [6.07, 6.45) is 9.29. The molecule has 4 nitrogen and oxygen atoms in total. The zero-order valence-electron chi connectivity index (χ0n) is 18.1. The molecule has 0 saturated heterocycles. The van der Waals surface area contributed by atoms with Gasteiger partial charge in [-0.2, -0.15) is 0 Å². The van der Waals surface area contributed by atoms with Crippen LogP contribution in [-0.2, 0) is 14.3 Å². The molecule has 28 heavy (non-hydrogen) atoms. The van der Waals surface area contributed by atoms with Crippen molar-refractivity contribution < 1.29 is 19.4 Å². The molecule has 8 atom stereocenters. The summed E-state index contributed by atoms with van der Waals surface area (Å²) in [5.74, 6) is 1.33. The number of fused-ring (bicyclic) bond motifs is 5. The second-order valence-corrected chi connectivity index (χ2v) is 10.6. The van der Waals surface area contributed by atoms with Gasteiger partial charge in [0.15, 0.2) is 5.78 Å². The average molecular weight is 389 g/mol. The molecule has 4 aliphatic carbocycles. The van der Waals surface area contributed by atoms with Crippen LogP contribution in [0, 0.1) is 34.5 Å². The smallest absolute Gasteiger partial charge is 0.302 e. The predicted octanol–water partition coefficient (Wildman–Crippen LogP) is 4.45. The zero-order chi connectivity index (χ0) is 20.5. The first kappa shape index (κ1) is 20.1. The van der Waals surface area contributed by atoms with Crippen LogP contribution in [0.4, 0.5) is 0 Å². The monoisotopic (exact) mass is 388 g/mol. The van der Waals surface area contributed by atoms with E-state index in [1.165, 1.54) is 12.5 Å². The zero-order valence-corrected chi connectivity index (χ0v) is 18.1. The number of carbonyl (C=O) groups excluding carboxylic acids is 2. The largest absolute Gasteiger partial charge is 0.462 e. The highest BCUT2D eigenvalue weighted by atomic mass is 16.5. The maximum absolute atomic E-state index is 12.5. The van der Waals surface area contributed by atoms with Gasteiger partial charge in [0.1, 0.15) is 11.7 Å². The first-order chi connectivity index (χ1) is 13.0. The summed E-state index contributed by atoms with van der Waals surface area (Å²) in [4.78, 5) is 23.9. The Morgan fingerprint density at radius 3 is 2.50 bits per heavy atom. The number of Topliss-reactive ketones (excluding diaryl/α,β-unsaturated/α-hetero) is 1. The Labute approximate surface area is 169 Å². The quantitative estimate of drug-likeness (QED) is 0.561. The Morgan fingerprint density at radius 1 is 1.14 bits per heavy atom. The Bertz CT molecular complexity index is 726. The van der Waals surface area contributed by atoms with Crippen molar-refractivity contribution in [2.45, 2.75) is 91.3 Å². The van der Waals surface area contributed by atoms with Gasteiger partial charge in [0.05, 0.1) is 0 Å². The first-order valence-corrected chi connectivity index (χ1v) is 11.1. The third kappa shape index (κ3) is 2.52. The van der Waals surface area contributed by atoms with Gasteiger partial charge in [0.2, 0.25) is 0 Å². The van der Waals surface area contributed by atoms with Gasteiger partial charge in [-0.3, -0.25) is 9.59 Å². The molecule has 0 bridgehead atoms. The molecule has 0 amide bonds. The van der Waals surface area contributed by atoms with E-state index < -0.39 is 5.60 Å². The standard InChI is InChI=1S/C24H36O4/c1-14-12-21-19-7-6-17-13-18(28-16(3)26)8-10-22(17,4)20(19)9-11-23(21,5)24(14,27)15(2)25/h6,14,18-21,27H,7-13H2,1-5H3/t14-,18-,19-,20+,21+,22-,23+,24+/m1/s1. The van der Waals surface area contributed by atoms with E-state index in [2.05, 4.69) is 26.8 Å². The molecule has 0 aromatic heterocycles. The maximum atomic E-state index is 12.5. The van der Waals surface area contributed by atoms with Crippen LogP contribution in [0.1, 0.15) is 79.6 Å². The molecule has 4 rings (SSSR count). The van der Waals surface area contributed by atoms with E-state index in [0.29, 0.717) is 17.8 Å². The first-order valence-electron chi connectivity index (χ1n) is 11.1. The van der Waals surface area contributed by atoms with Crippen LogP contribution < -0.4 is 0 Å². The molecule has 0 spiro atoms. The van der Waals surface area contributed by atoms with Crippen molar-refractivity contribution in [3.05, 3.63) is 11.6 Å². The van der Waals surface area contributed by atoms with Crippen LogP contribution in [0.3, 0.4) is 0 Å². The molecular formula is C24H36O4. The van der Waals surface area contributed by atoms with Crippen LogP contribution in [-0.4, -0.2) is 28.6 Å². The molecule has 0 heterocycles. The van der Waals surface area contributed by atoms with Crippen LogP contribution >= 0.6 is 0 Å². The SMILES string of the molecule is CC(=O)O[C@@H]1CC[C@]2(C)C(=CC[C@H]3[C@@H]4C[C@@H](C)[C@](O)(C(C)=O)[C@@]4(C)CC[C@@H]32)C1. The molecule has 4 heteroatoms. The summed E-state index contributed by atoms with van der Waals surface area (Å²) in [7, 11) is 0. The lowest BCUT2D eigenvalue weighted by Crippen LogP contribution is -2.58. The van der Waals surface area contributed by atoms with Gasteiger partial charge in [-0.05, 0) is 74.5 Å². The highest BCUT2D eigenvalue weighted by Crippen LogP contribution is 2.68. The highest BCUT2D eigenvalue weighted by molar-refractivity contribution is 5.86. The van der Waals surface area contributed by atoms with Crippen LogP contribution in [0.5, 0.6) is 0 Å². The lowest BCUT2D eigenvalue weighted by molar-refractivity contribution is -0.165. The van der Waals surface area contributed by atoms with E-state index in [-0.39, 0.29) is 34.6 Å². The van der Waals surface area contributed by atoms with E-state index in [4.69, 9.17) is 4.74 Å². The number of hydrogen-bond donors (Lipinski definition) is 1. The number of ketones is 1. The fourth-order valence-electron chi connectivity index (χ4n) is 8.05. The minimum Gasteiger partial charge on any atom is -0.462 e. The third-order valence-corrected chi connectivity index (χ3v) is 9.51. The fraction of sp³-hybridized carbons (Fsp3) is 0.833. The number of allylic oxidation sites excluding steroid dienone is 1. The second-order valence-electron chi connectivity index (χ2n) is 10.6. The summed E-state index contributed by atoms with van der Waals surface area (Å²) in [5.41, 5.74) is 0.153. The summed E-state index contributed by atoms with van der Waals surface area (Å²) in [5, 5.41) is 11.5. The molecule has 0 aliphatic heterocycles. The minimum absolute atomic E-state index is 0.0246. The number of esters is 1. The number of hydrogen-bond acceptors (Lipinski definition) is 4. The van der Waals surface area contributed by atoms with E-state index in [0.717, 1.165) is 44.9 Å². The van der Waals surface area contributed by atoms with Crippen molar-refractivity contribution in [3.8, 4) is 0 Å². The van der Waals surface area contributed by atoms with Crippen LogP contribution in [0.2, 0.25) is 0 Å². The van der Waals surface area contributed by atoms with Gasteiger partial charge >= 0.3 is 5.97 Å². The van der Waals surface area contributed by atoms with Crippen LogP contribution in [0.25, 0.3) is 0 Å². The van der Waals surface area contributed by atoms with Crippen molar-refractivity contribution in [2.24, 2.45) is 34.5 Å². The molecule has 4 aliphatic rings. The van der Waals surface area contributed by atoms with Gasteiger partial charge in [-0.25, -0.2) is 0 Å². The predicted molar refractivity (Wildman–Crippen MR) is 107 cm³/mol. The van der Waals surface area contributed by atoms with Crippen LogP contribution in [0.15, 0.2) is 11.6 Å². The van der Waals surface area contributed by atoms with Crippen molar-refractivity contribution in [2.75, 3.05) is 0 Å². The Kier molecular flexibility index (Phi) is 4.61. The summed E-state index contributed by atoms with van der Waals surface area (Å²) in [6, 6.07) is 0. The second kappa shape index (κ2) is 6.42. The fourth-order valence-corrected chi connectivity index (χ4v) is 8.05. The van der Waals surface area contributed by atoms with Crippen molar-refractivity contribution in [1.29, 1.82) is 0 Å². The molecular weight excluding hydrogens is 352 g/mol. The summed E-state index contributed by atoms with van der Waals surface area (Å²) < 4.78 is 5.52. The van der Waals surface area contributed by atoms with E-state index in [1.54, 1.807) is 6.92 Å². The van der Waals surface area contributed by atoms with Gasteiger partial charge in [-0.1, -0.05) is 32.4 Å². The highest BCUT2D eigenvalue weighted by Gasteiger charge is 2.67. The normalized spacial score (nSPS) is 50.1. The molecule has 0 aromatic carbocycles. The van der Waals surface area contributed by atoms with Gasteiger partial charge in [-0.15, -0.1) is 0 Å². The number of carbonyl (C=O) groups is 2. The molecule has 1 N–H and O–H groups in total. The van der Waals surface area contributed by atoms with E-state index in [1.807, 2.05) is 0 Å². The average Bonchev–Trinajstić information content (AvgIpc) is 2.83. The maximum Gasteiger partial charge on any atom is 0.302 e. The Morgan fingerprint density at radius 2 is 1.86 bits per heavy atom. The van der Waals surface area contributed by atoms with Crippen molar-refractivity contribution in [1.82, 2.24) is 0 Å². The van der Waals surface area contributed by atoms with Gasteiger partial charge < -0.3 is 9.84 Å². The Balaban J connectivity index is 1.64. The van der Waals surface area contributed by atoms with E-state index in [9.17, 15) is 14.7 Å². The Hall–Kier alpha value is -1.16. The summed E-state index contributed by atoms with van der Waals surface area (Å²) >= 11 is 0. The molecule has 0 unspecified atom stereocenters. The minimum atomic E-state index is -1.18. The molecule has 3 saturated carbocycles. The lowest BCUT2D eigenvalue weighted by atomic mass is 9.46. The molecule has 0 radical (unpaired) electrons. The summed E-state index contributed by atoms with van der Waals surface area (Å²) in [6.45, 7) is 9.73. The lowest BCUT2D eigenvalue weighted by Gasteiger charge is -2.58. The third-order valence-electron chi connectivity index (χ3n) is 9.51. The molecule has 0 aromatic rings. The number of aliphatic hydroxyl groups is 1. The van der Waals surface area contributed by atoms with Gasteiger partial charge in [0.25, 0.3) is 0 Å². The van der Waals surface area contributed by atoms with Gasteiger partial charge in [0, 0.05) is 18.8 Å². The van der Waals surface area contributed by atoms with Crippen molar-refractivity contribution >= 4 is 11.8 Å². The van der Waals surface area contributed by atoms with E-state index >= 15 is 0 Å². The number of rotatable bonds is 2. The number of ether oxygens (including phenoxy) is 1.